The summed E-state index contributed by atoms with van der Waals surface area (Å²) in [5, 5.41) is 0. The molecule has 4 nitrogen and oxygen atoms in total. The Labute approximate surface area is 118 Å². The molecule has 2 aliphatic rings. The molecule has 1 unspecified atom stereocenters. The van der Waals surface area contributed by atoms with E-state index in [-0.39, 0.29) is 0 Å². The first kappa shape index (κ1) is 15.2. The van der Waals surface area contributed by atoms with Crippen LogP contribution in [0.15, 0.2) is 0 Å². The Bertz CT molecular complexity index is 244. The van der Waals surface area contributed by atoms with Crippen molar-refractivity contribution in [2.24, 2.45) is 5.73 Å². The van der Waals surface area contributed by atoms with E-state index in [1.54, 1.807) is 0 Å². The van der Waals surface area contributed by atoms with Gasteiger partial charge in [0.1, 0.15) is 0 Å². The van der Waals surface area contributed by atoms with Crippen molar-refractivity contribution in [1.29, 1.82) is 0 Å². The summed E-state index contributed by atoms with van der Waals surface area (Å²) in [5.74, 6) is 0. The van der Waals surface area contributed by atoms with Crippen molar-refractivity contribution < 1.29 is 4.74 Å². The molecule has 2 N–H and O–H groups in total. The van der Waals surface area contributed by atoms with Crippen LogP contribution in [0.4, 0.5) is 0 Å². The first-order valence-electron chi connectivity index (χ1n) is 8.11. The summed E-state index contributed by atoms with van der Waals surface area (Å²) in [5.41, 5.74) is 5.69. The maximum absolute atomic E-state index is 5.97. The zero-order valence-electron chi connectivity index (χ0n) is 12.5. The van der Waals surface area contributed by atoms with E-state index in [4.69, 9.17) is 10.5 Å². The van der Waals surface area contributed by atoms with Crippen LogP contribution in [0.2, 0.25) is 0 Å². The lowest BCUT2D eigenvalue weighted by molar-refractivity contribution is -0.0470. The van der Waals surface area contributed by atoms with Gasteiger partial charge in [0.25, 0.3) is 0 Å². The summed E-state index contributed by atoms with van der Waals surface area (Å²) < 4.78 is 5.97. The van der Waals surface area contributed by atoms with Gasteiger partial charge in [-0.25, -0.2) is 0 Å². The van der Waals surface area contributed by atoms with E-state index in [0.29, 0.717) is 6.10 Å². The van der Waals surface area contributed by atoms with Gasteiger partial charge in [0.05, 0.1) is 12.7 Å². The number of hydrogen-bond acceptors (Lipinski definition) is 4. The van der Waals surface area contributed by atoms with Crippen LogP contribution in [0.25, 0.3) is 0 Å². The molecule has 0 aromatic heterocycles. The Hall–Kier alpha value is -0.160. The molecule has 1 heterocycles. The average molecular weight is 269 g/mol. The Morgan fingerprint density at radius 2 is 2.11 bits per heavy atom. The van der Waals surface area contributed by atoms with Gasteiger partial charge in [0.15, 0.2) is 0 Å². The molecule has 4 heteroatoms. The number of hydrogen-bond donors (Lipinski definition) is 1. The third-order valence-electron chi connectivity index (χ3n) is 4.60. The van der Waals surface area contributed by atoms with E-state index in [1.165, 1.54) is 25.7 Å². The summed E-state index contributed by atoms with van der Waals surface area (Å²) >= 11 is 0. The van der Waals surface area contributed by atoms with Gasteiger partial charge in [-0.2, -0.15) is 0 Å². The highest BCUT2D eigenvalue weighted by Crippen LogP contribution is 2.24. The molecule has 1 saturated carbocycles. The molecule has 19 heavy (non-hydrogen) atoms. The molecule has 0 bridgehead atoms. The summed E-state index contributed by atoms with van der Waals surface area (Å²) in [6.45, 7) is 9.53. The van der Waals surface area contributed by atoms with Crippen molar-refractivity contribution in [1.82, 2.24) is 9.80 Å². The molecule has 1 aliphatic heterocycles. The summed E-state index contributed by atoms with van der Waals surface area (Å²) in [4.78, 5) is 5.16. The lowest BCUT2D eigenvalue weighted by atomic mass is 10.1. The van der Waals surface area contributed by atoms with Crippen molar-refractivity contribution in [2.75, 3.05) is 45.9 Å². The van der Waals surface area contributed by atoms with Crippen molar-refractivity contribution in [2.45, 2.75) is 51.2 Å². The van der Waals surface area contributed by atoms with Gasteiger partial charge < -0.3 is 10.5 Å². The molecule has 1 saturated heterocycles. The smallest absolute Gasteiger partial charge is 0.0829 e. The molecule has 2 fully saturated rings. The fraction of sp³-hybridized carbons (Fsp3) is 1.00. The van der Waals surface area contributed by atoms with E-state index in [2.05, 4.69) is 16.7 Å². The molecule has 1 aliphatic carbocycles. The monoisotopic (exact) mass is 269 g/mol. The minimum atomic E-state index is 0.395. The van der Waals surface area contributed by atoms with Gasteiger partial charge in [-0.1, -0.05) is 19.8 Å². The van der Waals surface area contributed by atoms with Crippen LogP contribution in [0.5, 0.6) is 0 Å². The Balaban J connectivity index is 1.83. The predicted molar refractivity (Wildman–Crippen MR) is 79.4 cm³/mol. The van der Waals surface area contributed by atoms with Gasteiger partial charge in [-0.15, -0.1) is 0 Å². The van der Waals surface area contributed by atoms with Crippen molar-refractivity contribution >= 4 is 0 Å². The predicted octanol–water partition coefficient (Wildman–Crippen LogP) is 1.30. The normalized spacial score (nSPS) is 26.4. The highest BCUT2D eigenvalue weighted by atomic mass is 16.5. The fourth-order valence-corrected chi connectivity index (χ4v) is 3.43. The zero-order valence-corrected chi connectivity index (χ0v) is 12.5. The van der Waals surface area contributed by atoms with Crippen LogP contribution in [-0.2, 0) is 4.74 Å². The highest BCUT2D eigenvalue weighted by molar-refractivity contribution is 4.82. The molecule has 0 spiro atoms. The largest absolute Gasteiger partial charge is 0.374 e. The van der Waals surface area contributed by atoms with Crippen LogP contribution < -0.4 is 5.73 Å². The summed E-state index contributed by atoms with van der Waals surface area (Å²) in [6, 6.07) is 0.784. The van der Waals surface area contributed by atoms with Crippen LogP contribution in [0, 0.1) is 0 Å². The fourth-order valence-electron chi connectivity index (χ4n) is 3.43. The van der Waals surface area contributed by atoms with Crippen molar-refractivity contribution in [3.63, 3.8) is 0 Å². The van der Waals surface area contributed by atoms with Gasteiger partial charge in [-0.3, -0.25) is 9.80 Å². The molecule has 0 aromatic carbocycles. The topological polar surface area (TPSA) is 41.7 Å². The molecular weight excluding hydrogens is 238 g/mol. The molecule has 0 aromatic rings. The number of morpholine rings is 1. The lowest BCUT2D eigenvalue weighted by Crippen LogP contribution is -2.49. The maximum Gasteiger partial charge on any atom is 0.0829 e. The Kier molecular flexibility index (Phi) is 6.57. The third kappa shape index (κ3) is 4.71. The van der Waals surface area contributed by atoms with Crippen molar-refractivity contribution in [3.05, 3.63) is 0 Å². The zero-order chi connectivity index (χ0) is 13.5. The van der Waals surface area contributed by atoms with Crippen LogP contribution in [-0.4, -0.2) is 67.8 Å². The molecule has 0 radical (unpaired) electrons. The first-order chi connectivity index (χ1) is 9.33. The second-order valence-electron chi connectivity index (χ2n) is 5.96. The highest BCUT2D eigenvalue weighted by Gasteiger charge is 2.27. The number of ether oxygens (including phenoxy) is 1. The number of rotatable bonds is 7. The standard InChI is InChI=1S/C15H31N3O/c1-2-17-10-11-19-15(12-17)13-18(9-5-8-16)14-6-3-4-7-14/h14-15H,2-13,16H2,1H3. The van der Waals surface area contributed by atoms with Gasteiger partial charge >= 0.3 is 0 Å². The second kappa shape index (κ2) is 8.20. The lowest BCUT2D eigenvalue weighted by Gasteiger charge is -2.37. The number of nitrogens with two attached hydrogens (primary N) is 1. The number of nitrogens with zero attached hydrogens (tertiary/aromatic N) is 2. The first-order valence-corrected chi connectivity index (χ1v) is 8.11. The van der Waals surface area contributed by atoms with E-state index >= 15 is 0 Å². The quantitative estimate of drug-likeness (QED) is 0.756. The molecule has 112 valence electrons. The Morgan fingerprint density at radius 3 is 2.79 bits per heavy atom. The maximum atomic E-state index is 5.97. The third-order valence-corrected chi connectivity index (χ3v) is 4.60. The molecule has 0 amide bonds. The minimum absolute atomic E-state index is 0.395. The summed E-state index contributed by atoms with van der Waals surface area (Å²) in [7, 11) is 0. The SMILES string of the molecule is CCN1CCOC(CN(CCCN)C2CCCC2)C1. The van der Waals surface area contributed by atoms with E-state index in [9.17, 15) is 0 Å². The molecule has 1 atom stereocenters. The average Bonchev–Trinajstić information content (AvgIpc) is 2.97. The van der Waals surface area contributed by atoms with Crippen molar-refractivity contribution in [3.8, 4) is 0 Å². The van der Waals surface area contributed by atoms with E-state index in [1.807, 2.05) is 0 Å². The van der Waals surface area contributed by atoms with Gasteiger partial charge in [0, 0.05) is 25.7 Å². The van der Waals surface area contributed by atoms with Crippen LogP contribution in [0.3, 0.4) is 0 Å². The minimum Gasteiger partial charge on any atom is -0.374 e. The number of likely N-dealkylation sites (N-methyl/N-ethyl adjacent to an activating group) is 1. The molecule has 2 rings (SSSR count). The second-order valence-corrected chi connectivity index (χ2v) is 5.96. The van der Waals surface area contributed by atoms with Crippen LogP contribution >= 0.6 is 0 Å². The summed E-state index contributed by atoms with van der Waals surface area (Å²) in [6.07, 6.45) is 7.05. The molecular formula is C15H31N3O. The van der Waals surface area contributed by atoms with E-state index < -0.39 is 0 Å². The van der Waals surface area contributed by atoms with E-state index in [0.717, 1.165) is 58.3 Å². The van der Waals surface area contributed by atoms with Crippen LogP contribution in [0.1, 0.15) is 39.0 Å². The Morgan fingerprint density at radius 1 is 1.32 bits per heavy atom. The van der Waals surface area contributed by atoms with Gasteiger partial charge in [-0.05, 0) is 38.9 Å². The van der Waals surface area contributed by atoms with Gasteiger partial charge in [0.2, 0.25) is 0 Å².